The average molecular weight is 286 g/mol. The highest BCUT2D eigenvalue weighted by Gasteiger charge is 2.27. The number of sulfonamides is 1. The van der Waals surface area contributed by atoms with Crippen LogP contribution in [0.15, 0.2) is 23.4 Å². The van der Waals surface area contributed by atoms with E-state index in [0.29, 0.717) is 5.92 Å². The van der Waals surface area contributed by atoms with Crippen LogP contribution in [0.4, 0.5) is 4.39 Å². The summed E-state index contributed by atoms with van der Waals surface area (Å²) in [7, 11) is -3.88. The van der Waals surface area contributed by atoms with Crippen molar-refractivity contribution >= 4 is 10.0 Å². The highest BCUT2D eigenvalue weighted by molar-refractivity contribution is 7.89. The van der Waals surface area contributed by atoms with Crippen molar-refractivity contribution < 1.29 is 12.8 Å². The number of nitrogens with zero attached hydrogens (tertiary/aromatic N) is 1. The maximum atomic E-state index is 13.5. The lowest BCUT2D eigenvalue weighted by atomic mass is 9.85. The number of pyridine rings is 1. The molecule has 1 aliphatic rings. The lowest BCUT2D eigenvalue weighted by Gasteiger charge is -2.27. The highest BCUT2D eigenvalue weighted by atomic mass is 32.2. The summed E-state index contributed by atoms with van der Waals surface area (Å²) >= 11 is 0. The molecule has 0 bridgehead atoms. The van der Waals surface area contributed by atoms with Crippen LogP contribution in [-0.4, -0.2) is 19.4 Å². The van der Waals surface area contributed by atoms with Gasteiger partial charge in [0.1, 0.15) is 0 Å². The maximum Gasteiger partial charge on any atom is 0.261 e. The monoisotopic (exact) mass is 286 g/mol. The first-order chi connectivity index (χ1) is 9.00. The van der Waals surface area contributed by atoms with Gasteiger partial charge in [0.05, 0.1) is 0 Å². The smallest absolute Gasteiger partial charge is 0.241 e. The molecule has 0 spiro atoms. The molecule has 2 rings (SSSR count). The summed E-state index contributed by atoms with van der Waals surface area (Å²) in [6, 6.07) is 2.29. The van der Waals surface area contributed by atoms with E-state index in [1.54, 1.807) is 0 Å². The van der Waals surface area contributed by atoms with Gasteiger partial charge in [0.2, 0.25) is 5.03 Å². The van der Waals surface area contributed by atoms with Crippen LogP contribution < -0.4 is 4.72 Å². The summed E-state index contributed by atoms with van der Waals surface area (Å²) in [5.74, 6) is -0.485. The molecule has 1 aromatic heterocycles. The molecular formula is C13H19FN2O2S. The van der Waals surface area contributed by atoms with Gasteiger partial charge >= 0.3 is 0 Å². The zero-order valence-electron chi connectivity index (χ0n) is 11.0. The molecule has 0 radical (unpaired) electrons. The zero-order valence-corrected chi connectivity index (χ0v) is 11.8. The Morgan fingerprint density at radius 3 is 2.68 bits per heavy atom. The van der Waals surface area contributed by atoms with Gasteiger partial charge in [-0.2, -0.15) is 0 Å². The number of rotatable bonds is 4. The molecule has 0 aliphatic heterocycles. The average Bonchev–Trinajstić information content (AvgIpc) is 2.39. The van der Waals surface area contributed by atoms with Crippen LogP contribution in [0.25, 0.3) is 0 Å². The molecule has 6 heteroatoms. The standard InChI is InChI=1S/C13H19FN2O2S/c1-10(11-6-3-2-4-7-11)16-19(17,18)13-12(14)8-5-9-15-13/h5,8-11,16H,2-4,6-7H2,1H3. The third-order valence-electron chi connectivity index (χ3n) is 3.68. The highest BCUT2D eigenvalue weighted by Crippen LogP contribution is 2.27. The zero-order chi connectivity index (χ0) is 13.9. The topological polar surface area (TPSA) is 59.1 Å². The second-order valence-corrected chi connectivity index (χ2v) is 6.73. The van der Waals surface area contributed by atoms with Crippen LogP contribution in [0.2, 0.25) is 0 Å². The van der Waals surface area contributed by atoms with Crippen LogP contribution in [0.1, 0.15) is 39.0 Å². The van der Waals surface area contributed by atoms with E-state index in [2.05, 4.69) is 9.71 Å². The Morgan fingerprint density at radius 2 is 2.05 bits per heavy atom. The van der Waals surface area contributed by atoms with Crippen molar-refractivity contribution in [3.63, 3.8) is 0 Å². The van der Waals surface area contributed by atoms with Crippen LogP contribution in [0.3, 0.4) is 0 Å². The maximum absolute atomic E-state index is 13.5. The van der Waals surface area contributed by atoms with Crippen molar-refractivity contribution in [2.75, 3.05) is 0 Å². The third kappa shape index (κ3) is 3.51. The van der Waals surface area contributed by atoms with Gasteiger partial charge in [-0.3, -0.25) is 0 Å². The molecule has 106 valence electrons. The lowest BCUT2D eigenvalue weighted by molar-refractivity contribution is 0.302. The van der Waals surface area contributed by atoms with Crippen LogP contribution in [0.5, 0.6) is 0 Å². The number of halogens is 1. The van der Waals surface area contributed by atoms with E-state index >= 15 is 0 Å². The Hall–Kier alpha value is -1.01. The summed E-state index contributed by atoms with van der Waals surface area (Å²) < 4.78 is 40.2. The Bertz CT molecular complexity index is 527. The van der Waals surface area contributed by atoms with Crippen molar-refractivity contribution in [3.8, 4) is 0 Å². The van der Waals surface area contributed by atoms with Crippen molar-refractivity contribution in [1.29, 1.82) is 0 Å². The number of hydrogen-bond acceptors (Lipinski definition) is 3. The largest absolute Gasteiger partial charge is 0.261 e. The SMILES string of the molecule is CC(NS(=O)(=O)c1ncccc1F)C1CCCCC1. The van der Waals surface area contributed by atoms with Gasteiger partial charge in [0.25, 0.3) is 10.0 Å². The summed E-state index contributed by atoms with van der Waals surface area (Å²) in [4.78, 5) is 3.62. The minimum absolute atomic E-state index is 0.188. The van der Waals surface area contributed by atoms with E-state index in [1.807, 2.05) is 6.92 Å². The second-order valence-electron chi connectivity index (χ2n) is 5.10. The minimum atomic E-state index is -3.88. The Kier molecular flexibility index (Phi) is 4.52. The fourth-order valence-corrected chi connectivity index (χ4v) is 3.92. The molecule has 1 atom stereocenters. The summed E-state index contributed by atoms with van der Waals surface area (Å²) in [5, 5.41) is -0.516. The summed E-state index contributed by atoms with van der Waals surface area (Å²) in [6.45, 7) is 1.84. The molecule has 1 fully saturated rings. The number of nitrogens with one attached hydrogen (secondary N) is 1. The minimum Gasteiger partial charge on any atom is -0.241 e. The van der Waals surface area contributed by atoms with Crippen molar-refractivity contribution in [1.82, 2.24) is 9.71 Å². The Balaban J connectivity index is 2.11. The molecule has 1 N–H and O–H groups in total. The van der Waals surface area contributed by atoms with Crippen LogP contribution in [-0.2, 0) is 10.0 Å². The van der Waals surface area contributed by atoms with Crippen molar-refractivity contribution in [3.05, 3.63) is 24.1 Å². The molecule has 1 aromatic rings. The van der Waals surface area contributed by atoms with E-state index < -0.39 is 20.9 Å². The van der Waals surface area contributed by atoms with Gasteiger partial charge in [0.15, 0.2) is 5.82 Å². The lowest BCUT2D eigenvalue weighted by Crippen LogP contribution is -2.39. The van der Waals surface area contributed by atoms with Gasteiger partial charge in [-0.15, -0.1) is 0 Å². The molecule has 4 nitrogen and oxygen atoms in total. The molecule has 1 saturated carbocycles. The fraction of sp³-hybridized carbons (Fsp3) is 0.615. The van der Waals surface area contributed by atoms with E-state index in [1.165, 1.54) is 18.7 Å². The molecule has 1 heterocycles. The summed E-state index contributed by atoms with van der Waals surface area (Å²) in [6.07, 6.45) is 6.81. The van der Waals surface area contributed by atoms with Gasteiger partial charge < -0.3 is 0 Å². The first kappa shape index (κ1) is 14.4. The van der Waals surface area contributed by atoms with Crippen molar-refractivity contribution in [2.24, 2.45) is 5.92 Å². The van der Waals surface area contributed by atoms with Gasteiger partial charge in [-0.1, -0.05) is 19.3 Å². The van der Waals surface area contributed by atoms with E-state index in [4.69, 9.17) is 0 Å². The molecular weight excluding hydrogens is 267 g/mol. The molecule has 1 unspecified atom stereocenters. The predicted octanol–water partition coefficient (Wildman–Crippen LogP) is 2.47. The number of aromatic nitrogens is 1. The van der Waals surface area contributed by atoms with E-state index in [-0.39, 0.29) is 6.04 Å². The Labute approximate surface area is 113 Å². The summed E-state index contributed by atoms with van der Waals surface area (Å²) in [5.41, 5.74) is 0. The van der Waals surface area contributed by atoms with Crippen molar-refractivity contribution in [2.45, 2.75) is 50.1 Å². The third-order valence-corrected chi connectivity index (χ3v) is 5.17. The normalized spacial score (nSPS) is 19.3. The predicted molar refractivity (Wildman–Crippen MR) is 70.6 cm³/mol. The molecule has 0 aromatic carbocycles. The quantitative estimate of drug-likeness (QED) is 0.925. The van der Waals surface area contributed by atoms with Gasteiger partial charge in [0, 0.05) is 12.2 Å². The van der Waals surface area contributed by atoms with Crippen LogP contribution in [0, 0.1) is 11.7 Å². The number of hydrogen-bond donors (Lipinski definition) is 1. The van der Waals surface area contributed by atoms with Gasteiger partial charge in [-0.25, -0.2) is 22.5 Å². The van der Waals surface area contributed by atoms with Gasteiger partial charge in [-0.05, 0) is 37.8 Å². The van der Waals surface area contributed by atoms with E-state index in [9.17, 15) is 12.8 Å². The first-order valence-electron chi connectivity index (χ1n) is 6.63. The fourth-order valence-electron chi connectivity index (χ4n) is 2.60. The van der Waals surface area contributed by atoms with Crippen LogP contribution >= 0.6 is 0 Å². The Morgan fingerprint density at radius 1 is 1.37 bits per heavy atom. The molecule has 19 heavy (non-hydrogen) atoms. The molecule has 0 amide bonds. The second kappa shape index (κ2) is 5.96. The van der Waals surface area contributed by atoms with E-state index in [0.717, 1.165) is 31.7 Å². The first-order valence-corrected chi connectivity index (χ1v) is 8.12. The molecule has 0 saturated heterocycles. The molecule has 1 aliphatic carbocycles.